The van der Waals surface area contributed by atoms with E-state index in [-0.39, 0.29) is 18.3 Å². The molecule has 0 saturated carbocycles. The number of aromatic nitrogens is 2. The molecular formula is C21H20N2O5. The molecule has 0 amide bonds. The van der Waals surface area contributed by atoms with Gasteiger partial charge in [-0.15, -0.1) is 0 Å². The van der Waals surface area contributed by atoms with Gasteiger partial charge in [0, 0.05) is 18.9 Å². The summed E-state index contributed by atoms with van der Waals surface area (Å²) in [7, 11) is 0. The van der Waals surface area contributed by atoms with E-state index >= 15 is 0 Å². The predicted octanol–water partition coefficient (Wildman–Crippen LogP) is 2.61. The van der Waals surface area contributed by atoms with Crippen molar-refractivity contribution in [3.05, 3.63) is 76.3 Å². The first-order chi connectivity index (χ1) is 13.7. The van der Waals surface area contributed by atoms with Crippen LogP contribution in [0, 0.1) is 0 Å². The molecule has 28 heavy (non-hydrogen) atoms. The Labute approximate surface area is 161 Å². The summed E-state index contributed by atoms with van der Waals surface area (Å²) < 4.78 is 18.1. The van der Waals surface area contributed by atoms with Gasteiger partial charge >= 0.3 is 5.97 Å². The van der Waals surface area contributed by atoms with Crippen LogP contribution in [-0.2, 0) is 16.1 Å². The van der Waals surface area contributed by atoms with Crippen molar-refractivity contribution in [3.8, 4) is 5.75 Å². The zero-order chi connectivity index (χ0) is 19.3. The molecule has 0 aliphatic carbocycles. The van der Waals surface area contributed by atoms with E-state index in [1.54, 1.807) is 48.7 Å². The van der Waals surface area contributed by atoms with Crippen molar-refractivity contribution >= 4 is 11.6 Å². The molecule has 7 nitrogen and oxygen atoms in total. The van der Waals surface area contributed by atoms with Crippen LogP contribution in [0.25, 0.3) is 5.65 Å². The van der Waals surface area contributed by atoms with Crippen molar-refractivity contribution in [3.63, 3.8) is 0 Å². The Balaban J connectivity index is 1.44. The van der Waals surface area contributed by atoms with Crippen LogP contribution in [-0.4, -0.2) is 34.7 Å². The number of fused-ring (bicyclic) bond motifs is 1. The quantitative estimate of drug-likeness (QED) is 0.612. The minimum absolute atomic E-state index is 0.0545. The van der Waals surface area contributed by atoms with Crippen molar-refractivity contribution in [1.82, 2.24) is 9.38 Å². The second-order valence-electron chi connectivity index (χ2n) is 6.53. The number of esters is 1. The molecule has 1 aliphatic heterocycles. The van der Waals surface area contributed by atoms with E-state index < -0.39 is 5.97 Å². The number of pyridine rings is 1. The van der Waals surface area contributed by atoms with Gasteiger partial charge in [0.25, 0.3) is 5.56 Å². The average Bonchev–Trinajstić information content (AvgIpc) is 3.24. The van der Waals surface area contributed by atoms with E-state index in [9.17, 15) is 9.59 Å². The van der Waals surface area contributed by atoms with Crippen molar-refractivity contribution in [1.29, 1.82) is 0 Å². The molecule has 0 spiro atoms. The lowest BCUT2D eigenvalue weighted by Crippen LogP contribution is -2.18. The van der Waals surface area contributed by atoms with Gasteiger partial charge in [0.05, 0.1) is 11.8 Å². The largest absolute Gasteiger partial charge is 0.490 e. The molecule has 1 aliphatic rings. The van der Waals surface area contributed by atoms with Gasteiger partial charge in [-0.1, -0.05) is 18.2 Å². The maximum atomic E-state index is 12.5. The smallest absolute Gasteiger partial charge is 0.342 e. The van der Waals surface area contributed by atoms with Crippen molar-refractivity contribution in [2.24, 2.45) is 0 Å². The molecular weight excluding hydrogens is 360 g/mol. The van der Waals surface area contributed by atoms with Gasteiger partial charge < -0.3 is 14.2 Å². The predicted molar refractivity (Wildman–Crippen MR) is 101 cm³/mol. The van der Waals surface area contributed by atoms with E-state index in [1.165, 1.54) is 10.5 Å². The Hall–Kier alpha value is -3.19. The van der Waals surface area contributed by atoms with E-state index in [0.29, 0.717) is 29.3 Å². The molecule has 144 valence electrons. The number of rotatable bonds is 6. The lowest BCUT2D eigenvalue weighted by atomic mass is 10.2. The number of benzene rings is 1. The summed E-state index contributed by atoms with van der Waals surface area (Å²) >= 11 is 0. The molecule has 0 bridgehead atoms. The number of hydrogen-bond acceptors (Lipinski definition) is 6. The van der Waals surface area contributed by atoms with E-state index in [0.717, 1.165) is 19.4 Å². The van der Waals surface area contributed by atoms with Gasteiger partial charge in [-0.3, -0.25) is 9.20 Å². The molecule has 1 unspecified atom stereocenters. The van der Waals surface area contributed by atoms with Crippen LogP contribution in [0.1, 0.15) is 28.9 Å². The zero-order valence-corrected chi connectivity index (χ0v) is 15.2. The number of para-hydroxylation sites is 1. The van der Waals surface area contributed by atoms with Gasteiger partial charge in [0.1, 0.15) is 30.2 Å². The highest BCUT2D eigenvalue weighted by Gasteiger charge is 2.19. The van der Waals surface area contributed by atoms with Crippen LogP contribution in [0.5, 0.6) is 5.75 Å². The minimum atomic E-state index is -0.530. The Kier molecular flexibility index (Phi) is 5.34. The molecule has 2 aromatic heterocycles. The van der Waals surface area contributed by atoms with E-state index in [1.807, 2.05) is 0 Å². The molecule has 1 atom stereocenters. The molecule has 3 aromatic rings. The molecule has 4 rings (SSSR count). The zero-order valence-electron chi connectivity index (χ0n) is 15.2. The Morgan fingerprint density at radius 3 is 2.93 bits per heavy atom. The van der Waals surface area contributed by atoms with Gasteiger partial charge in [-0.05, 0) is 37.1 Å². The molecule has 0 N–H and O–H groups in total. The average molecular weight is 380 g/mol. The van der Waals surface area contributed by atoms with E-state index in [2.05, 4.69) is 4.98 Å². The second kappa shape index (κ2) is 8.22. The van der Waals surface area contributed by atoms with Crippen LogP contribution in [0.2, 0.25) is 0 Å². The third kappa shape index (κ3) is 4.04. The second-order valence-corrected chi connectivity index (χ2v) is 6.53. The number of ether oxygens (including phenoxy) is 3. The van der Waals surface area contributed by atoms with E-state index in [4.69, 9.17) is 14.2 Å². The molecule has 7 heteroatoms. The first-order valence-electron chi connectivity index (χ1n) is 9.18. The summed E-state index contributed by atoms with van der Waals surface area (Å²) in [6.45, 7) is 1.04. The summed E-state index contributed by atoms with van der Waals surface area (Å²) in [4.78, 5) is 29.0. The lowest BCUT2D eigenvalue weighted by Gasteiger charge is -2.14. The van der Waals surface area contributed by atoms with Gasteiger partial charge in [0.2, 0.25) is 0 Å². The summed E-state index contributed by atoms with van der Waals surface area (Å²) in [6.07, 6.45) is 3.67. The van der Waals surface area contributed by atoms with Crippen LogP contribution >= 0.6 is 0 Å². The van der Waals surface area contributed by atoms with Gasteiger partial charge in [-0.2, -0.15) is 0 Å². The fraction of sp³-hybridized carbons (Fsp3) is 0.286. The molecule has 1 fully saturated rings. The van der Waals surface area contributed by atoms with Crippen LogP contribution < -0.4 is 10.3 Å². The normalized spacial score (nSPS) is 16.2. The highest BCUT2D eigenvalue weighted by atomic mass is 16.5. The molecule has 3 heterocycles. The monoisotopic (exact) mass is 380 g/mol. The van der Waals surface area contributed by atoms with Crippen LogP contribution in [0.15, 0.2) is 59.5 Å². The Morgan fingerprint density at radius 2 is 2.07 bits per heavy atom. The number of carbonyl (C=O) groups is 1. The highest BCUT2D eigenvalue weighted by molar-refractivity contribution is 5.92. The third-order valence-corrected chi connectivity index (χ3v) is 4.53. The number of hydrogen-bond donors (Lipinski definition) is 0. The number of carbonyl (C=O) groups excluding carboxylic acids is 1. The molecule has 0 radical (unpaired) electrons. The standard InChI is InChI=1S/C21H20N2O5/c24-20-12-15(22-19-9-3-4-10-23(19)20)13-28-21(25)17-7-1-2-8-18(17)27-14-16-6-5-11-26-16/h1-4,7-10,12,16H,5-6,11,13-14H2. The van der Waals surface area contributed by atoms with Crippen molar-refractivity contribution in [2.45, 2.75) is 25.6 Å². The maximum Gasteiger partial charge on any atom is 0.342 e. The summed E-state index contributed by atoms with van der Waals surface area (Å²) in [5.74, 6) is -0.0764. The Morgan fingerprint density at radius 1 is 1.21 bits per heavy atom. The first-order valence-corrected chi connectivity index (χ1v) is 9.18. The SMILES string of the molecule is O=C(OCc1cc(=O)n2ccccc2n1)c1ccccc1OCC1CCCO1. The van der Waals surface area contributed by atoms with Gasteiger partial charge in [0.15, 0.2) is 0 Å². The van der Waals surface area contributed by atoms with Crippen molar-refractivity contribution in [2.75, 3.05) is 13.2 Å². The topological polar surface area (TPSA) is 79.1 Å². The summed E-state index contributed by atoms with van der Waals surface area (Å²) in [5, 5.41) is 0. The third-order valence-electron chi connectivity index (χ3n) is 4.53. The van der Waals surface area contributed by atoms with Crippen LogP contribution in [0.4, 0.5) is 0 Å². The molecule has 1 aromatic carbocycles. The molecule has 1 saturated heterocycles. The summed E-state index contributed by atoms with van der Waals surface area (Å²) in [5.41, 5.74) is 0.999. The van der Waals surface area contributed by atoms with Crippen LogP contribution in [0.3, 0.4) is 0 Å². The fourth-order valence-electron chi connectivity index (χ4n) is 3.11. The summed E-state index contributed by atoms with van der Waals surface area (Å²) in [6, 6.07) is 13.6. The first kappa shape index (κ1) is 18.2. The highest BCUT2D eigenvalue weighted by Crippen LogP contribution is 2.21. The fourth-order valence-corrected chi connectivity index (χ4v) is 3.11. The van der Waals surface area contributed by atoms with Crippen molar-refractivity contribution < 1.29 is 19.0 Å². The minimum Gasteiger partial charge on any atom is -0.490 e. The maximum absolute atomic E-state index is 12.5. The Bertz CT molecular complexity index is 1040. The van der Waals surface area contributed by atoms with Gasteiger partial charge in [-0.25, -0.2) is 9.78 Å². The lowest BCUT2D eigenvalue weighted by molar-refractivity contribution is 0.0450. The number of nitrogens with zero attached hydrogens (tertiary/aromatic N) is 2.